The Morgan fingerprint density at radius 1 is 1.50 bits per heavy atom. The predicted octanol–water partition coefficient (Wildman–Crippen LogP) is 1.49. The molecule has 1 saturated heterocycles. The fourth-order valence-electron chi connectivity index (χ4n) is 1.56. The summed E-state index contributed by atoms with van der Waals surface area (Å²) in [5.41, 5.74) is 0. The van der Waals surface area contributed by atoms with Gasteiger partial charge in [-0.3, -0.25) is 4.85 Å². The smallest absolute Gasteiger partial charge is 0.270 e. The van der Waals surface area contributed by atoms with Crippen molar-refractivity contribution in [2.75, 3.05) is 19.8 Å². The molecule has 0 bridgehead atoms. The van der Waals surface area contributed by atoms with Crippen LogP contribution in [0.25, 0.3) is 4.85 Å². The molecule has 64 valence electrons. The highest BCUT2D eigenvalue weighted by Gasteiger charge is 2.19. The number of likely N-dealkylation sites (tertiary alicyclic amines) is 1. The summed E-state index contributed by atoms with van der Waals surface area (Å²) in [6, 6.07) is 2.21. The van der Waals surface area contributed by atoms with E-state index in [-0.39, 0.29) is 0 Å². The lowest BCUT2D eigenvalue weighted by Crippen LogP contribution is -2.33. The van der Waals surface area contributed by atoms with Crippen LogP contribution in [0.5, 0.6) is 0 Å². The Morgan fingerprint density at radius 2 is 2.17 bits per heavy atom. The number of piperidine rings is 1. The SMILES string of the molecule is [C-]#[N+]CN1CCC(CC#N)CC1. The first kappa shape index (κ1) is 9.03. The van der Waals surface area contributed by atoms with Crippen molar-refractivity contribution < 1.29 is 0 Å². The van der Waals surface area contributed by atoms with Crippen molar-refractivity contribution in [3.63, 3.8) is 0 Å². The Balaban J connectivity index is 2.22. The van der Waals surface area contributed by atoms with Crippen LogP contribution in [0.1, 0.15) is 19.3 Å². The Bertz CT molecular complexity index is 179. The largest absolute Gasteiger partial charge is 0.299 e. The molecular formula is C9H13N3. The standard InChI is InChI=1S/C9H13N3/c1-11-8-12-6-3-9(2-5-10)4-7-12/h9H,2-4,6-8H2. The molecule has 12 heavy (non-hydrogen) atoms. The zero-order valence-electron chi connectivity index (χ0n) is 7.16. The van der Waals surface area contributed by atoms with Crippen LogP contribution in [0, 0.1) is 23.8 Å². The van der Waals surface area contributed by atoms with Crippen molar-refractivity contribution in [1.29, 1.82) is 5.26 Å². The van der Waals surface area contributed by atoms with Gasteiger partial charge >= 0.3 is 0 Å². The summed E-state index contributed by atoms with van der Waals surface area (Å²) in [7, 11) is 0. The van der Waals surface area contributed by atoms with Crippen LogP contribution in [0.3, 0.4) is 0 Å². The summed E-state index contributed by atoms with van der Waals surface area (Å²) in [5.74, 6) is 0.581. The lowest BCUT2D eigenvalue weighted by Gasteiger charge is -2.26. The van der Waals surface area contributed by atoms with Crippen molar-refractivity contribution in [3.05, 3.63) is 11.4 Å². The minimum atomic E-state index is 0.527. The summed E-state index contributed by atoms with van der Waals surface area (Å²) in [4.78, 5) is 5.49. The molecule has 1 aliphatic heterocycles. The van der Waals surface area contributed by atoms with E-state index in [1.165, 1.54) is 0 Å². The Hall–Kier alpha value is -1.06. The average molecular weight is 163 g/mol. The molecule has 0 saturated carbocycles. The number of rotatable bonds is 2. The summed E-state index contributed by atoms with van der Waals surface area (Å²) in [6.45, 7) is 9.22. The second-order valence-corrected chi connectivity index (χ2v) is 3.22. The van der Waals surface area contributed by atoms with Gasteiger partial charge in [-0.05, 0) is 18.8 Å². The Kier molecular flexibility index (Phi) is 3.57. The highest BCUT2D eigenvalue weighted by molar-refractivity contribution is 4.81. The minimum Gasteiger partial charge on any atom is -0.299 e. The third-order valence-corrected chi connectivity index (χ3v) is 2.36. The normalized spacial score (nSPS) is 19.8. The fourth-order valence-corrected chi connectivity index (χ4v) is 1.56. The molecule has 0 aromatic rings. The summed E-state index contributed by atoms with van der Waals surface area (Å²) in [5, 5.41) is 8.48. The van der Waals surface area contributed by atoms with Gasteiger partial charge in [-0.2, -0.15) is 5.26 Å². The molecule has 1 rings (SSSR count). The van der Waals surface area contributed by atoms with Crippen molar-refractivity contribution >= 4 is 0 Å². The second-order valence-electron chi connectivity index (χ2n) is 3.22. The molecule has 0 radical (unpaired) electrons. The number of nitriles is 1. The number of nitrogens with zero attached hydrogens (tertiary/aromatic N) is 3. The van der Waals surface area contributed by atoms with Crippen LogP contribution >= 0.6 is 0 Å². The van der Waals surface area contributed by atoms with E-state index in [1.54, 1.807) is 0 Å². The highest BCUT2D eigenvalue weighted by Crippen LogP contribution is 2.19. The molecule has 0 spiro atoms. The van der Waals surface area contributed by atoms with Gasteiger partial charge < -0.3 is 0 Å². The van der Waals surface area contributed by atoms with Crippen LogP contribution < -0.4 is 0 Å². The molecule has 3 nitrogen and oxygen atoms in total. The van der Waals surface area contributed by atoms with E-state index in [9.17, 15) is 0 Å². The number of hydrogen-bond donors (Lipinski definition) is 0. The van der Waals surface area contributed by atoms with Crippen molar-refractivity contribution in [2.24, 2.45) is 5.92 Å². The monoisotopic (exact) mass is 163 g/mol. The Labute approximate surface area is 73.4 Å². The molecule has 0 unspecified atom stereocenters. The molecule has 1 fully saturated rings. The fraction of sp³-hybridized carbons (Fsp3) is 0.778. The van der Waals surface area contributed by atoms with Crippen LogP contribution in [0.2, 0.25) is 0 Å². The second kappa shape index (κ2) is 4.74. The highest BCUT2D eigenvalue weighted by atomic mass is 15.2. The summed E-state index contributed by atoms with van der Waals surface area (Å²) < 4.78 is 0. The molecule has 1 heterocycles. The molecule has 0 aromatic heterocycles. The van der Waals surface area contributed by atoms with Gasteiger partial charge in [-0.15, -0.1) is 0 Å². The van der Waals surface area contributed by atoms with E-state index in [2.05, 4.69) is 15.8 Å². The van der Waals surface area contributed by atoms with Gasteiger partial charge in [0.05, 0.1) is 6.07 Å². The van der Waals surface area contributed by atoms with Gasteiger partial charge in [0.1, 0.15) is 0 Å². The van der Waals surface area contributed by atoms with Crippen LogP contribution in [0.4, 0.5) is 0 Å². The third-order valence-electron chi connectivity index (χ3n) is 2.36. The maximum atomic E-state index is 8.48. The minimum absolute atomic E-state index is 0.527. The van der Waals surface area contributed by atoms with Crippen molar-refractivity contribution in [1.82, 2.24) is 4.90 Å². The van der Waals surface area contributed by atoms with Crippen molar-refractivity contribution in [2.45, 2.75) is 19.3 Å². The first-order valence-corrected chi connectivity index (χ1v) is 4.29. The van der Waals surface area contributed by atoms with Gasteiger partial charge in [0, 0.05) is 19.5 Å². The third kappa shape index (κ3) is 2.53. The van der Waals surface area contributed by atoms with E-state index in [0.29, 0.717) is 19.0 Å². The topological polar surface area (TPSA) is 31.4 Å². The first-order valence-electron chi connectivity index (χ1n) is 4.29. The maximum absolute atomic E-state index is 8.48. The van der Waals surface area contributed by atoms with E-state index >= 15 is 0 Å². The molecule has 0 aliphatic carbocycles. The lowest BCUT2D eigenvalue weighted by molar-refractivity contribution is 0.202. The maximum Gasteiger partial charge on any atom is 0.270 e. The van der Waals surface area contributed by atoms with Gasteiger partial charge in [0.25, 0.3) is 6.67 Å². The first-order chi connectivity index (χ1) is 5.86. The van der Waals surface area contributed by atoms with Gasteiger partial charge in [-0.1, -0.05) is 0 Å². The van der Waals surface area contributed by atoms with Crippen molar-refractivity contribution in [3.8, 4) is 6.07 Å². The average Bonchev–Trinajstić information content (AvgIpc) is 2.09. The quantitative estimate of drug-likeness (QED) is 0.577. The lowest BCUT2D eigenvalue weighted by atomic mass is 9.94. The molecule has 0 amide bonds. The summed E-state index contributed by atoms with van der Waals surface area (Å²) >= 11 is 0. The van der Waals surface area contributed by atoms with E-state index in [0.717, 1.165) is 25.9 Å². The Morgan fingerprint density at radius 3 is 2.67 bits per heavy atom. The van der Waals surface area contributed by atoms with Crippen LogP contribution in [0.15, 0.2) is 0 Å². The van der Waals surface area contributed by atoms with E-state index < -0.39 is 0 Å². The molecule has 0 atom stereocenters. The zero-order valence-corrected chi connectivity index (χ0v) is 7.16. The number of hydrogen-bond acceptors (Lipinski definition) is 2. The zero-order chi connectivity index (χ0) is 8.81. The van der Waals surface area contributed by atoms with Gasteiger partial charge in [0.2, 0.25) is 0 Å². The van der Waals surface area contributed by atoms with E-state index in [4.69, 9.17) is 11.8 Å². The molecular weight excluding hydrogens is 150 g/mol. The molecule has 0 N–H and O–H groups in total. The van der Waals surface area contributed by atoms with Gasteiger partial charge in [-0.25, -0.2) is 11.5 Å². The van der Waals surface area contributed by atoms with Crippen LogP contribution in [-0.2, 0) is 0 Å². The van der Waals surface area contributed by atoms with Crippen LogP contribution in [-0.4, -0.2) is 24.7 Å². The van der Waals surface area contributed by atoms with Gasteiger partial charge in [0.15, 0.2) is 0 Å². The molecule has 1 aliphatic rings. The summed E-state index contributed by atoms with van der Waals surface area (Å²) in [6.07, 6.45) is 2.86. The van der Waals surface area contributed by atoms with E-state index in [1.807, 2.05) is 0 Å². The predicted molar refractivity (Wildman–Crippen MR) is 46.0 cm³/mol. The molecule has 3 heteroatoms. The molecule has 0 aromatic carbocycles.